The molecule has 25 heavy (non-hydrogen) atoms. The van der Waals surface area contributed by atoms with Crippen LogP contribution in [0.5, 0.6) is 11.5 Å². The van der Waals surface area contributed by atoms with Crippen LogP contribution >= 0.6 is 0 Å². The Labute approximate surface area is 149 Å². The number of anilines is 1. The molecule has 0 aromatic heterocycles. The molecule has 1 aromatic carbocycles. The molecular formula is C19H29N3O3. The quantitative estimate of drug-likeness (QED) is 0.370. The Hall–Kier alpha value is -1.95. The number of nitrogens with one attached hydrogen (secondary N) is 1. The summed E-state index contributed by atoms with van der Waals surface area (Å²) < 4.78 is 17.2. The lowest BCUT2D eigenvalue weighted by molar-refractivity contribution is 0.0487. The maximum absolute atomic E-state index is 5.97. The highest BCUT2D eigenvalue weighted by atomic mass is 16.5. The van der Waals surface area contributed by atoms with Gasteiger partial charge in [0.1, 0.15) is 0 Å². The van der Waals surface area contributed by atoms with Crippen LogP contribution in [-0.4, -0.2) is 38.4 Å². The second-order valence-corrected chi connectivity index (χ2v) is 6.59. The van der Waals surface area contributed by atoms with E-state index >= 15 is 0 Å². The van der Waals surface area contributed by atoms with E-state index in [4.69, 9.17) is 19.9 Å². The SMILES string of the molecule is NC(=NCCOC1CCCCCC1)Nc1ccc2c(c1)OCCCO2. The Morgan fingerprint density at radius 2 is 1.84 bits per heavy atom. The zero-order chi connectivity index (χ0) is 17.3. The monoisotopic (exact) mass is 347 g/mol. The first-order valence-electron chi connectivity index (χ1n) is 9.39. The van der Waals surface area contributed by atoms with Gasteiger partial charge in [0.05, 0.1) is 32.5 Å². The topological polar surface area (TPSA) is 78.1 Å². The van der Waals surface area contributed by atoms with Gasteiger partial charge in [-0.1, -0.05) is 25.7 Å². The fourth-order valence-electron chi connectivity index (χ4n) is 3.22. The molecular weight excluding hydrogens is 318 g/mol. The zero-order valence-electron chi connectivity index (χ0n) is 14.8. The molecule has 138 valence electrons. The molecule has 3 N–H and O–H groups in total. The highest BCUT2D eigenvalue weighted by molar-refractivity contribution is 5.92. The van der Waals surface area contributed by atoms with E-state index < -0.39 is 0 Å². The minimum absolute atomic E-state index is 0.388. The Morgan fingerprint density at radius 1 is 1.08 bits per heavy atom. The Morgan fingerprint density at radius 3 is 2.64 bits per heavy atom. The number of benzene rings is 1. The van der Waals surface area contributed by atoms with Crippen LogP contribution in [0, 0.1) is 0 Å². The second kappa shape index (κ2) is 9.51. The van der Waals surface area contributed by atoms with Crippen molar-refractivity contribution in [1.82, 2.24) is 0 Å². The molecule has 0 amide bonds. The van der Waals surface area contributed by atoms with Gasteiger partial charge >= 0.3 is 0 Å². The van der Waals surface area contributed by atoms with Gasteiger partial charge in [0.25, 0.3) is 0 Å². The molecule has 0 unspecified atom stereocenters. The molecule has 6 heteroatoms. The third-order valence-electron chi connectivity index (χ3n) is 4.55. The van der Waals surface area contributed by atoms with Gasteiger partial charge in [-0.25, -0.2) is 0 Å². The smallest absolute Gasteiger partial charge is 0.193 e. The minimum Gasteiger partial charge on any atom is -0.490 e. The molecule has 1 aliphatic carbocycles. The average molecular weight is 347 g/mol. The number of guanidine groups is 1. The summed E-state index contributed by atoms with van der Waals surface area (Å²) in [5.41, 5.74) is 6.81. The van der Waals surface area contributed by atoms with Gasteiger partial charge in [-0.15, -0.1) is 0 Å². The Kier molecular flexibility index (Phi) is 6.79. The number of rotatable bonds is 5. The van der Waals surface area contributed by atoms with Gasteiger partial charge in [-0.05, 0) is 25.0 Å². The van der Waals surface area contributed by atoms with E-state index in [-0.39, 0.29) is 0 Å². The fraction of sp³-hybridized carbons (Fsp3) is 0.632. The van der Waals surface area contributed by atoms with E-state index in [2.05, 4.69) is 10.3 Å². The summed E-state index contributed by atoms with van der Waals surface area (Å²) >= 11 is 0. The van der Waals surface area contributed by atoms with Crippen LogP contribution in [0.4, 0.5) is 5.69 Å². The van der Waals surface area contributed by atoms with Crippen molar-refractivity contribution in [2.45, 2.75) is 51.0 Å². The van der Waals surface area contributed by atoms with E-state index in [1.54, 1.807) is 0 Å². The molecule has 1 heterocycles. The van der Waals surface area contributed by atoms with Gasteiger partial charge < -0.3 is 25.3 Å². The van der Waals surface area contributed by atoms with Crippen molar-refractivity contribution < 1.29 is 14.2 Å². The molecule has 6 nitrogen and oxygen atoms in total. The van der Waals surface area contributed by atoms with Crippen molar-refractivity contribution >= 4 is 11.6 Å². The number of fused-ring (bicyclic) bond motifs is 1. The lowest BCUT2D eigenvalue weighted by Gasteiger charge is -2.14. The van der Waals surface area contributed by atoms with Crippen molar-refractivity contribution in [1.29, 1.82) is 0 Å². The van der Waals surface area contributed by atoms with Crippen molar-refractivity contribution in [2.24, 2.45) is 10.7 Å². The van der Waals surface area contributed by atoms with E-state index in [0.29, 0.717) is 38.4 Å². The molecule has 3 rings (SSSR count). The number of ether oxygens (including phenoxy) is 3. The summed E-state index contributed by atoms with van der Waals surface area (Å²) in [4.78, 5) is 4.34. The molecule has 1 aliphatic heterocycles. The molecule has 0 radical (unpaired) electrons. The van der Waals surface area contributed by atoms with Crippen molar-refractivity contribution in [3.63, 3.8) is 0 Å². The van der Waals surface area contributed by atoms with Crippen LogP contribution in [0.1, 0.15) is 44.9 Å². The number of nitrogens with two attached hydrogens (primary N) is 1. The van der Waals surface area contributed by atoms with E-state index in [1.165, 1.54) is 38.5 Å². The highest BCUT2D eigenvalue weighted by Gasteiger charge is 2.12. The second-order valence-electron chi connectivity index (χ2n) is 6.59. The van der Waals surface area contributed by atoms with Crippen LogP contribution in [0.2, 0.25) is 0 Å². The van der Waals surface area contributed by atoms with Crippen molar-refractivity contribution in [3.8, 4) is 11.5 Å². The number of aliphatic imine (C=N–C) groups is 1. The first-order valence-corrected chi connectivity index (χ1v) is 9.39. The predicted octanol–water partition coefficient (Wildman–Crippen LogP) is 3.31. The zero-order valence-corrected chi connectivity index (χ0v) is 14.8. The molecule has 1 aromatic rings. The van der Waals surface area contributed by atoms with E-state index in [0.717, 1.165) is 23.6 Å². The molecule has 0 atom stereocenters. The first-order chi connectivity index (χ1) is 12.3. The lowest BCUT2D eigenvalue weighted by atomic mass is 10.1. The van der Waals surface area contributed by atoms with Crippen molar-refractivity contribution in [2.75, 3.05) is 31.7 Å². The maximum atomic E-state index is 5.97. The molecule has 0 spiro atoms. The summed E-state index contributed by atoms with van der Waals surface area (Å²) in [5.74, 6) is 1.90. The standard InChI is InChI=1S/C19H29N3O3/c20-19(21-10-13-23-16-6-3-1-2-4-7-16)22-15-8-9-17-18(14-15)25-12-5-11-24-17/h8-9,14,16H,1-7,10-13H2,(H3,20,21,22). The highest BCUT2D eigenvalue weighted by Crippen LogP contribution is 2.32. The summed E-state index contributed by atoms with van der Waals surface area (Å²) in [6, 6.07) is 5.70. The Bertz CT molecular complexity index is 569. The fourth-order valence-corrected chi connectivity index (χ4v) is 3.22. The number of hydrogen-bond acceptors (Lipinski definition) is 4. The van der Waals surface area contributed by atoms with Crippen LogP contribution in [0.25, 0.3) is 0 Å². The normalized spacial score (nSPS) is 19.1. The maximum Gasteiger partial charge on any atom is 0.193 e. The third-order valence-corrected chi connectivity index (χ3v) is 4.55. The third kappa shape index (κ3) is 5.81. The van der Waals surface area contributed by atoms with Gasteiger partial charge in [0.2, 0.25) is 0 Å². The average Bonchev–Trinajstić information content (AvgIpc) is 3.01. The molecule has 2 aliphatic rings. The number of nitrogens with zero attached hydrogens (tertiary/aromatic N) is 1. The van der Waals surface area contributed by atoms with Crippen LogP contribution < -0.4 is 20.5 Å². The molecule has 0 saturated heterocycles. The summed E-state index contributed by atoms with van der Waals surface area (Å²) in [7, 11) is 0. The van der Waals surface area contributed by atoms with Gasteiger partial charge in [-0.2, -0.15) is 0 Å². The molecule has 1 fully saturated rings. The first kappa shape index (κ1) is 17.9. The van der Waals surface area contributed by atoms with E-state index in [9.17, 15) is 0 Å². The Balaban J connectivity index is 1.44. The summed E-state index contributed by atoms with van der Waals surface area (Å²) in [6.45, 7) is 2.54. The van der Waals surface area contributed by atoms with Gasteiger partial charge in [-0.3, -0.25) is 4.99 Å². The number of hydrogen-bond donors (Lipinski definition) is 2. The van der Waals surface area contributed by atoms with Gasteiger partial charge in [0, 0.05) is 18.2 Å². The minimum atomic E-state index is 0.388. The van der Waals surface area contributed by atoms with E-state index in [1.807, 2.05) is 18.2 Å². The largest absolute Gasteiger partial charge is 0.490 e. The van der Waals surface area contributed by atoms with Crippen molar-refractivity contribution in [3.05, 3.63) is 18.2 Å². The summed E-state index contributed by atoms with van der Waals surface area (Å²) in [5, 5.41) is 3.10. The summed E-state index contributed by atoms with van der Waals surface area (Å²) in [6.07, 6.45) is 8.87. The molecule has 0 bridgehead atoms. The van der Waals surface area contributed by atoms with Gasteiger partial charge in [0.15, 0.2) is 17.5 Å². The van der Waals surface area contributed by atoms with Crippen LogP contribution in [0.15, 0.2) is 23.2 Å². The molecule has 1 saturated carbocycles. The predicted molar refractivity (Wildman–Crippen MR) is 99.6 cm³/mol. The van der Waals surface area contributed by atoms with Crippen LogP contribution in [0.3, 0.4) is 0 Å². The van der Waals surface area contributed by atoms with Crippen LogP contribution in [-0.2, 0) is 4.74 Å². The lowest BCUT2D eigenvalue weighted by Crippen LogP contribution is -2.24.